The van der Waals surface area contributed by atoms with Gasteiger partial charge in [-0.1, -0.05) is 30.2 Å². The number of morpholine rings is 1. The maximum Gasteiger partial charge on any atom is 0.253 e. The summed E-state index contributed by atoms with van der Waals surface area (Å²) in [6.45, 7) is -0.213. The Bertz CT molecular complexity index is 785. The van der Waals surface area contributed by atoms with Crippen molar-refractivity contribution in [3.8, 4) is 12.3 Å². The van der Waals surface area contributed by atoms with Crippen molar-refractivity contribution in [1.82, 2.24) is 0 Å². The Morgan fingerprint density at radius 3 is 2.52 bits per heavy atom. The van der Waals surface area contributed by atoms with Crippen LogP contribution in [0.3, 0.4) is 0 Å². The molecule has 0 bridgehead atoms. The van der Waals surface area contributed by atoms with E-state index >= 15 is 0 Å². The monoisotopic (exact) mass is 313 g/mol. The van der Waals surface area contributed by atoms with E-state index in [1.54, 1.807) is 24.3 Å². The second-order valence-corrected chi connectivity index (χ2v) is 5.20. The number of terminal acetylenes is 1. The molecule has 1 saturated heterocycles. The van der Waals surface area contributed by atoms with Gasteiger partial charge in [0.1, 0.15) is 6.61 Å². The highest BCUT2D eigenvalue weighted by Gasteiger charge is 2.41. The molecule has 2 aromatic rings. The van der Waals surface area contributed by atoms with Crippen LogP contribution in [0.2, 0.25) is 0 Å². The minimum absolute atomic E-state index is 0.0252. The Hall–Kier alpha value is -2.71. The molecule has 2 aromatic carbocycles. The molecule has 1 aliphatic heterocycles. The maximum atomic E-state index is 13.6. The van der Waals surface area contributed by atoms with Crippen molar-refractivity contribution in [3.63, 3.8) is 0 Å². The van der Waals surface area contributed by atoms with E-state index in [9.17, 15) is 13.6 Å². The predicted molar refractivity (Wildman–Crippen MR) is 81.6 cm³/mol. The topological polar surface area (TPSA) is 29.5 Å². The third kappa shape index (κ3) is 2.69. The van der Waals surface area contributed by atoms with E-state index in [0.717, 1.165) is 12.1 Å². The summed E-state index contributed by atoms with van der Waals surface area (Å²) in [6, 6.07) is 12.4. The van der Waals surface area contributed by atoms with E-state index in [2.05, 4.69) is 5.92 Å². The van der Waals surface area contributed by atoms with Gasteiger partial charge in [0.15, 0.2) is 17.2 Å². The summed E-state index contributed by atoms with van der Waals surface area (Å²) >= 11 is 0. The van der Waals surface area contributed by atoms with Crippen molar-refractivity contribution < 1.29 is 18.3 Å². The third-order valence-corrected chi connectivity index (χ3v) is 3.81. The number of amides is 1. The minimum Gasteiger partial charge on any atom is -0.346 e. The fraction of sp³-hybridized carbons (Fsp3) is 0.167. The molecule has 1 heterocycles. The first-order chi connectivity index (χ1) is 11.1. The van der Waals surface area contributed by atoms with Crippen molar-refractivity contribution in [2.45, 2.75) is 5.60 Å². The van der Waals surface area contributed by atoms with Crippen LogP contribution in [0.15, 0.2) is 48.5 Å². The van der Waals surface area contributed by atoms with Gasteiger partial charge >= 0.3 is 0 Å². The van der Waals surface area contributed by atoms with E-state index in [1.165, 1.54) is 11.0 Å². The van der Waals surface area contributed by atoms with Crippen LogP contribution >= 0.6 is 0 Å². The zero-order chi connectivity index (χ0) is 16.4. The zero-order valence-corrected chi connectivity index (χ0v) is 12.1. The fourth-order valence-corrected chi connectivity index (χ4v) is 2.56. The van der Waals surface area contributed by atoms with Gasteiger partial charge < -0.3 is 9.64 Å². The number of nitrogens with zero attached hydrogens (tertiary/aromatic N) is 1. The summed E-state index contributed by atoms with van der Waals surface area (Å²) in [5.74, 6) is 0.274. The molecule has 0 saturated carbocycles. The lowest BCUT2D eigenvalue weighted by Gasteiger charge is -2.39. The Labute approximate surface area is 132 Å². The summed E-state index contributed by atoms with van der Waals surface area (Å²) in [5.41, 5.74) is -0.353. The molecule has 5 heteroatoms. The number of carbonyl (C=O) groups excluding carboxylic acids is 1. The number of carbonyl (C=O) groups is 1. The summed E-state index contributed by atoms with van der Waals surface area (Å²) in [7, 11) is 0. The second kappa shape index (κ2) is 5.82. The SMILES string of the molecule is C#CC1(c2ccc(F)c(F)c2)CN(c2ccccc2)C(=O)CO1. The molecular weight excluding hydrogens is 300 g/mol. The molecule has 1 aliphatic rings. The minimum atomic E-state index is -1.32. The third-order valence-electron chi connectivity index (χ3n) is 3.81. The van der Waals surface area contributed by atoms with Crippen LogP contribution in [0.25, 0.3) is 0 Å². The second-order valence-electron chi connectivity index (χ2n) is 5.20. The molecule has 3 nitrogen and oxygen atoms in total. The first kappa shape index (κ1) is 15.2. The van der Waals surface area contributed by atoms with E-state index in [4.69, 9.17) is 11.2 Å². The maximum absolute atomic E-state index is 13.6. The predicted octanol–water partition coefficient (Wildman–Crippen LogP) is 2.86. The van der Waals surface area contributed by atoms with Gasteiger partial charge in [-0.3, -0.25) is 4.79 Å². The van der Waals surface area contributed by atoms with Gasteiger partial charge in [-0.2, -0.15) is 0 Å². The molecule has 1 amide bonds. The fourth-order valence-electron chi connectivity index (χ4n) is 2.56. The van der Waals surface area contributed by atoms with Gasteiger partial charge in [-0.15, -0.1) is 6.42 Å². The Balaban J connectivity index is 2.01. The van der Waals surface area contributed by atoms with Gasteiger partial charge in [0.05, 0.1) is 6.54 Å². The summed E-state index contributed by atoms with van der Waals surface area (Å²) < 4.78 is 32.3. The Morgan fingerprint density at radius 1 is 1.13 bits per heavy atom. The number of halogens is 2. The lowest BCUT2D eigenvalue weighted by atomic mass is 9.92. The zero-order valence-electron chi connectivity index (χ0n) is 12.1. The van der Waals surface area contributed by atoms with Crippen molar-refractivity contribution in [3.05, 3.63) is 65.7 Å². The molecule has 1 fully saturated rings. The lowest BCUT2D eigenvalue weighted by Crippen LogP contribution is -2.52. The molecule has 0 aromatic heterocycles. The molecular formula is C18H13F2NO2. The van der Waals surface area contributed by atoms with Crippen molar-refractivity contribution in [2.75, 3.05) is 18.1 Å². The molecule has 23 heavy (non-hydrogen) atoms. The molecule has 1 atom stereocenters. The summed E-state index contributed by atoms with van der Waals surface area (Å²) in [6.07, 6.45) is 5.61. The number of anilines is 1. The van der Waals surface area contributed by atoms with Gasteiger partial charge in [0, 0.05) is 11.3 Å². The van der Waals surface area contributed by atoms with Crippen LogP contribution in [0, 0.1) is 24.0 Å². The highest BCUT2D eigenvalue weighted by atomic mass is 19.2. The molecule has 1 unspecified atom stereocenters. The van der Waals surface area contributed by atoms with Gasteiger partial charge in [-0.25, -0.2) is 8.78 Å². The number of hydrogen-bond acceptors (Lipinski definition) is 2. The van der Waals surface area contributed by atoms with E-state index < -0.39 is 17.2 Å². The van der Waals surface area contributed by atoms with Crippen LogP contribution in [0.1, 0.15) is 5.56 Å². The van der Waals surface area contributed by atoms with Gasteiger partial charge in [0.25, 0.3) is 5.91 Å². The quantitative estimate of drug-likeness (QED) is 0.798. The first-order valence-corrected chi connectivity index (χ1v) is 6.98. The summed E-state index contributed by atoms with van der Waals surface area (Å²) in [5, 5.41) is 0. The Kier molecular flexibility index (Phi) is 3.85. The molecule has 116 valence electrons. The largest absolute Gasteiger partial charge is 0.346 e. The molecule has 0 radical (unpaired) electrons. The molecule has 0 N–H and O–H groups in total. The molecule has 0 aliphatic carbocycles. The molecule has 3 rings (SSSR count). The average molecular weight is 313 g/mol. The van der Waals surface area contributed by atoms with E-state index in [1.807, 2.05) is 6.07 Å². The number of ether oxygens (including phenoxy) is 1. The van der Waals surface area contributed by atoms with Crippen LogP contribution in [-0.2, 0) is 15.1 Å². The summed E-state index contributed by atoms with van der Waals surface area (Å²) in [4.78, 5) is 13.6. The van der Waals surface area contributed by atoms with Crippen molar-refractivity contribution >= 4 is 11.6 Å². The highest BCUT2D eigenvalue weighted by Crippen LogP contribution is 2.32. The number of hydrogen-bond donors (Lipinski definition) is 0. The normalized spacial score (nSPS) is 21.1. The van der Waals surface area contributed by atoms with E-state index in [0.29, 0.717) is 11.3 Å². The molecule has 0 spiro atoms. The first-order valence-electron chi connectivity index (χ1n) is 6.98. The van der Waals surface area contributed by atoms with E-state index in [-0.39, 0.29) is 19.1 Å². The number of rotatable bonds is 2. The number of para-hydroxylation sites is 1. The van der Waals surface area contributed by atoms with Gasteiger partial charge in [0.2, 0.25) is 0 Å². The highest BCUT2D eigenvalue weighted by molar-refractivity contribution is 5.95. The van der Waals surface area contributed by atoms with Crippen LogP contribution in [-0.4, -0.2) is 19.1 Å². The van der Waals surface area contributed by atoms with Crippen molar-refractivity contribution in [2.24, 2.45) is 0 Å². The standard InChI is InChI=1S/C18H13F2NO2/c1-2-18(13-8-9-15(19)16(20)10-13)12-21(17(22)11-23-18)14-6-4-3-5-7-14/h1,3-10H,11-12H2. The van der Waals surface area contributed by atoms with Gasteiger partial charge in [-0.05, 0) is 24.3 Å². The van der Waals surface area contributed by atoms with Crippen LogP contribution in [0.5, 0.6) is 0 Å². The average Bonchev–Trinajstić information content (AvgIpc) is 2.59. The van der Waals surface area contributed by atoms with Crippen molar-refractivity contribution in [1.29, 1.82) is 0 Å². The van der Waals surface area contributed by atoms with Crippen LogP contribution < -0.4 is 4.90 Å². The smallest absolute Gasteiger partial charge is 0.253 e. The Morgan fingerprint density at radius 2 is 1.87 bits per heavy atom. The number of benzene rings is 2. The lowest BCUT2D eigenvalue weighted by molar-refractivity contribution is -0.134. The van der Waals surface area contributed by atoms with Crippen LogP contribution in [0.4, 0.5) is 14.5 Å².